The van der Waals surface area contributed by atoms with Crippen LogP contribution in [0, 0.1) is 11.6 Å². The Morgan fingerprint density at radius 3 is 2.50 bits per heavy atom. The van der Waals surface area contributed by atoms with Crippen LogP contribution in [0.2, 0.25) is 0 Å². The van der Waals surface area contributed by atoms with Gasteiger partial charge in [-0.2, -0.15) is 0 Å². The van der Waals surface area contributed by atoms with Gasteiger partial charge in [0.25, 0.3) is 0 Å². The second kappa shape index (κ2) is 6.65. The maximum absolute atomic E-state index is 12.8. The first-order valence-electron chi connectivity index (χ1n) is 5.19. The molecule has 0 radical (unpaired) electrons. The molecule has 5 nitrogen and oxygen atoms in total. The Balaban J connectivity index is 2.53. The number of anilines is 1. The van der Waals surface area contributed by atoms with Gasteiger partial charge in [0.2, 0.25) is 0 Å². The molecule has 18 heavy (non-hydrogen) atoms. The van der Waals surface area contributed by atoms with Crippen LogP contribution in [0.15, 0.2) is 18.2 Å². The molecule has 1 rings (SSSR count). The highest BCUT2D eigenvalue weighted by Gasteiger charge is 2.13. The van der Waals surface area contributed by atoms with Crippen LogP contribution in [0.25, 0.3) is 0 Å². The number of benzene rings is 1. The van der Waals surface area contributed by atoms with Crippen molar-refractivity contribution < 1.29 is 23.5 Å². The maximum Gasteiger partial charge on any atom is 0.313 e. The lowest BCUT2D eigenvalue weighted by Crippen LogP contribution is -2.36. The van der Waals surface area contributed by atoms with Crippen LogP contribution in [-0.2, 0) is 9.59 Å². The quantitative estimate of drug-likeness (QED) is 0.540. The zero-order chi connectivity index (χ0) is 13.5. The lowest BCUT2D eigenvalue weighted by Gasteiger charge is -2.06. The summed E-state index contributed by atoms with van der Waals surface area (Å²) in [6.07, 6.45) is 0.324. The van der Waals surface area contributed by atoms with Crippen molar-refractivity contribution >= 4 is 17.5 Å². The molecule has 0 aliphatic carbocycles. The van der Waals surface area contributed by atoms with Crippen molar-refractivity contribution in [2.24, 2.45) is 0 Å². The Hall–Kier alpha value is -2.02. The number of carbonyl (C=O) groups is 2. The number of hydrogen-bond acceptors (Lipinski definition) is 3. The summed E-state index contributed by atoms with van der Waals surface area (Å²) in [6.45, 7) is 0.0472. The zero-order valence-electron chi connectivity index (χ0n) is 9.37. The van der Waals surface area contributed by atoms with Gasteiger partial charge >= 0.3 is 11.8 Å². The number of hydrogen-bond donors (Lipinski definition) is 3. The number of aliphatic hydroxyl groups excluding tert-OH is 1. The predicted molar refractivity (Wildman–Crippen MR) is 59.7 cm³/mol. The van der Waals surface area contributed by atoms with Gasteiger partial charge in [-0.3, -0.25) is 9.59 Å². The molecule has 0 fully saturated rings. The highest BCUT2D eigenvalue weighted by Crippen LogP contribution is 2.12. The summed E-state index contributed by atoms with van der Waals surface area (Å²) in [5, 5.41) is 12.8. The fourth-order valence-corrected chi connectivity index (χ4v) is 1.12. The van der Waals surface area contributed by atoms with Crippen LogP contribution < -0.4 is 10.6 Å². The third kappa shape index (κ3) is 4.10. The molecule has 0 aromatic heterocycles. The minimum Gasteiger partial charge on any atom is -0.396 e. The summed E-state index contributed by atoms with van der Waals surface area (Å²) in [5.41, 5.74) is -0.0174. The molecule has 1 aromatic carbocycles. The molecular weight excluding hydrogens is 246 g/mol. The molecule has 98 valence electrons. The highest BCUT2D eigenvalue weighted by atomic mass is 19.2. The first-order chi connectivity index (χ1) is 8.54. The minimum absolute atomic E-state index is 0.0174. The maximum atomic E-state index is 12.8. The number of rotatable bonds is 4. The van der Waals surface area contributed by atoms with Crippen LogP contribution in [0.4, 0.5) is 14.5 Å². The van der Waals surface area contributed by atoms with Crippen molar-refractivity contribution in [1.82, 2.24) is 5.32 Å². The van der Waals surface area contributed by atoms with E-state index in [2.05, 4.69) is 10.6 Å². The van der Waals surface area contributed by atoms with E-state index in [-0.39, 0.29) is 18.8 Å². The standard InChI is InChI=1S/C11H12F2N2O3/c12-8-3-2-7(6-9(8)13)15-11(18)10(17)14-4-1-5-16/h2-3,6,16H,1,4-5H2,(H,14,17)(H,15,18). The number of carbonyl (C=O) groups excluding carboxylic acids is 2. The third-order valence-electron chi connectivity index (χ3n) is 2.00. The highest BCUT2D eigenvalue weighted by molar-refractivity contribution is 6.39. The zero-order valence-corrected chi connectivity index (χ0v) is 9.37. The Kier molecular flexibility index (Phi) is 5.19. The number of amides is 2. The van der Waals surface area contributed by atoms with Gasteiger partial charge in [-0.25, -0.2) is 8.78 Å². The number of nitrogens with one attached hydrogen (secondary N) is 2. The average Bonchev–Trinajstić information content (AvgIpc) is 2.34. The van der Waals surface area contributed by atoms with Crippen LogP contribution >= 0.6 is 0 Å². The molecule has 7 heteroatoms. The minimum atomic E-state index is -1.12. The molecule has 2 amide bonds. The predicted octanol–water partition coefficient (Wildman–Crippen LogP) is 0.402. The first-order valence-corrected chi connectivity index (χ1v) is 5.19. The van der Waals surface area contributed by atoms with Crippen LogP contribution in [0.5, 0.6) is 0 Å². The van der Waals surface area contributed by atoms with E-state index in [1.54, 1.807) is 0 Å². The van der Waals surface area contributed by atoms with E-state index >= 15 is 0 Å². The molecule has 0 bridgehead atoms. The lowest BCUT2D eigenvalue weighted by atomic mass is 10.3. The fraction of sp³-hybridized carbons (Fsp3) is 0.273. The summed E-state index contributed by atoms with van der Waals surface area (Å²) >= 11 is 0. The molecule has 0 aliphatic rings. The van der Waals surface area contributed by atoms with E-state index < -0.39 is 23.4 Å². The van der Waals surface area contributed by atoms with E-state index in [0.29, 0.717) is 6.42 Å². The van der Waals surface area contributed by atoms with Crippen molar-refractivity contribution in [3.05, 3.63) is 29.8 Å². The molecule has 0 atom stereocenters. The van der Waals surface area contributed by atoms with Crippen molar-refractivity contribution in [2.75, 3.05) is 18.5 Å². The van der Waals surface area contributed by atoms with Gasteiger partial charge in [-0.1, -0.05) is 0 Å². The Morgan fingerprint density at radius 1 is 1.17 bits per heavy atom. The van der Waals surface area contributed by atoms with Crippen molar-refractivity contribution in [3.63, 3.8) is 0 Å². The Morgan fingerprint density at radius 2 is 1.89 bits per heavy atom. The van der Waals surface area contributed by atoms with Crippen LogP contribution in [0.3, 0.4) is 0 Å². The molecule has 3 N–H and O–H groups in total. The summed E-state index contributed by atoms with van der Waals surface area (Å²) in [7, 11) is 0. The Bertz CT molecular complexity index is 452. The summed E-state index contributed by atoms with van der Waals surface area (Å²) in [5.74, 6) is -4.05. The molecule has 1 aromatic rings. The van der Waals surface area contributed by atoms with E-state index in [0.717, 1.165) is 18.2 Å². The van der Waals surface area contributed by atoms with Gasteiger partial charge in [0.15, 0.2) is 11.6 Å². The molecule has 0 spiro atoms. The SMILES string of the molecule is O=C(NCCCO)C(=O)Nc1ccc(F)c(F)c1. The van der Waals surface area contributed by atoms with Gasteiger partial charge in [0.05, 0.1) is 0 Å². The molecule has 0 saturated carbocycles. The number of aliphatic hydroxyl groups is 1. The van der Waals surface area contributed by atoms with Crippen molar-refractivity contribution in [3.8, 4) is 0 Å². The first kappa shape index (κ1) is 14.0. The van der Waals surface area contributed by atoms with E-state index in [4.69, 9.17) is 5.11 Å². The van der Waals surface area contributed by atoms with Crippen LogP contribution in [-0.4, -0.2) is 30.1 Å². The van der Waals surface area contributed by atoms with Gasteiger partial charge in [0.1, 0.15) is 0 Å². The van der Waals surface area contributed by atoms with Crippen molar-refractivity contribution in [1.29, 1.82) is 0 Å². The van der Waals surface area contributed by atoms with Gasteiger partial charge in [0, 0.05) is 24.9 Å². The lowest BCUT2D eigenvalue weighted by molar-refractivity contribution is -0.136. The van der Waals surface area contributed by atoms with Gasteiger partial charge < -0.3 is 15.7 Å². The van der Waals surface area contributed by atoms with Crippen molar-refractivity contribution in [2.45, 2.75) is 6.42 Å². The van der Waals surface area contributed by atoms with Crippen LogP contribution in [0.1, 0.15) is 6.42 Å². The fourth-order valence-electron chi connectivity index (χ4n) is 1.12. The van der Waals surface area contributed by atoms with Gasteiger partial charge in [-0.15, -0.1) is 0 Å². The second-order valence-electron chi connectivity index (χ2n) is 3.42. The molecule has 0 heterocycles. The van der Waals surface area contributed by atoms with Gasteiger partial charge in [-0.05, 0) is 18.6 Å². The molecular formula is C11H12F2N2O3. The van der Waals surface area contributed by atoms with E-state index in [1.165, 1.54) is 0 Å². The average molecular weight is 258 g/mol. The topological polar surface area (TPSA) is 78.4 Å². The molecule has 0 unspecified atom stereocenters. The normalized spacial score (nSPS) is 9.94. The monoisotopic (exact) mass is 258 g/mol. The summed E-state index contributed by atoms with van der Waals surface area (Å²) in [6, 6.07) is 2.75. The molecule has 0 saturated heterocycles. The second-order valence-corrected chi connectivity index (χ2v) is 3.42. The number of halogens is 2. The summed E-state index contributed by atoms with van der Waals surface area (Å²) < 4.78 is 25.4. The smallest absolute Gasteiger partial charge is 0.313 e. The molecule has 0 aliphatic heterocycles. The van der Waals surface area contributed by atoms with E-state index in [9.17, 15) is 18.4 Å². The van der Waals surface area contributed by atoms with E-state index in [1.807, 2.05) is 0 Å². The largest absolute Gasteiger partial charge is 0.396 e. The summed E-state index contributed by atoms with van der Waals surface area (Å²) in [4.78, 5) is 22.5. The Labute approximate surface area is 102 Å². The third-order valence-corrected chi connectivity index (χ3v) is 2.00.